The summed E-state index contributed by atoms with van der Waals surface area (Å²) in [6.45, 7) is 2.30. The Labute approximate surface area is 190 Å². The highest BCUT2D eigenvalue weighted by atomic mass is 79.9. The summed E-state index contributed by atoms with van der Waals surface area (Å²) < 4.78 is 0.933. The maximum atomic E-state index is 12.2. The number of hydrogen-bond donors (Lipinski definition) is 2. The number of anilines is 1. The van der Waals surface area contributed by atoms with Crippen LogP contribution in [0.15, 0.2) is 52.2 Å². The lowest BCUT2D eigenvalue weighted by Gasteiger charge is -2.29. The molecule has 1 saturated carbocycles. The van der Waals surface area contributed by atoms with Crippen LogP contribution in [0.5, 0.6) is 0 Å². The lowest BCUT2D eigenvalue weighted by molar-refractivity contribution is -0.929. The van der Waals surface area contributed by atoms with E-state index in [9.17, 15) is 4.79 Å². The molecule has 5 atom stereocenters. The molecule has 0 spiro atoms. The first-order chi connectivity index (χ1) is 14.2. The molecular formula is C20H20BrN4OS3+. The largest absolute Gasteiger partial charge is 0.327 e. The molecule has 1 aliphatic heterocycles. The van der Waals surface area contributed by atoms with E-state index in [2.05, 4.69) is 61.8 Å². The molecule has 1 amide bonds. The molecule has 2 bridgehead atoms. The molecule has 150 valence electrons. The Kier molecular flexibility index (Phi) is 5.75. The van der Waals surface area contributed by atoms with Gasteiger partial charge in [0, 0.05) is 11.5 Å². The number of amides is 1. The molecule has 0 radical (unpaired) electrons. The first kappa shape index (κ1) is 19.7. The Balaban J connectivity index is 1.24. The van der Waals surface area contributed by atoms with E-state index >= 15 is 0 Å². The van der Waals surface area contributed by atoms with Gasteiger partial charge in [0.05, 0.1) is 21.5 Å². The number of alkyl halides is 1. The smallest absolute Gasteiger partial charge is 0.267 e. The summed E-state index contributed by atoms with van der Waals surface area (Å²) >= 11 is 8.69. The standard InChI is InChI=1S/C20H19BrN4OS3/c21-16-13-9-15(17(16)25(11-13)10-12-5-2-1-3-6-12)28-20-24-23-19(29-20)22-18(26)14-7-4-8-27-14/h1-8,13,15-17H,9-11H2,(H,22,23,26)/p+1/t13-,15+,16-,17-/m1/s1. The van der Waals surface area contributed by atoms with E-state index in [1.807, 2.05) is 29.3 Å². The van der Waals surface area contributed by atoms with Crippen LogP contribution in [0, 0.1) is 5.92 Å². The summed E-state index contributed by atoms with van der Waals surface area (Å²) in [6.07, 6.45) is 1.21. The van der Waals surface area contributed by atoms with E-state index < -0.39 is 0 Å². The highest BCUT2D eigenvalue weighted by Gasteiger charge is 2.55. The number of likely N-dealkylation sites (tertiary alicyclic amines) is 1. The number of fused-ring (bicyclic) bond motifs is 2. The number of halogens is 1. The minimum atomic E-state index is -0.119. The van der Waals surface area contributed by atoms with Crippen molar-refractivity contribution >= 4 is 61.4 Å². The molecule has 2 fully saturated rings. The monoisotopic (exact) mass is 507 g/mol. The number of thiophene rings is 1. The SMILES string of the molecule is O=C(Nc1nnc(S[C@H]2C[C@@H]3C[NH+](Cc4ccccc4)[C@H]2[C@@H]3Br)s1)c1cccs1. The van der Waals surface area contributed by atoms with Crippen LogP contribution in [0.4, 0.5) is 5.13 Å². The summed E-state index contributed by atoms with van der Waals surface area (Å²) in [5, 5.41) is 14.3. The molecular weight excluding hydrogens is 488 g/mol. The van der Waals surface area contributed by atoms with Gasteiger partial charge in [0.2, 0.25) is 5.13 Å². The minimum absolute atomic E-state index is 0.119. The van der Waals surface area contributed by atoms with Gasteiger partial charge in [-0.25, -0.2) is 0 Å². The average molecular weight is 509 g/mol. The van der Waals surface area contributed by atoms with Gasteiger partial charge in [-0.05, 0) is 17.9 Å². The van der Waals surface area contributed by atoms with E-state index in [4.69, 9.17) is 0 Å². The number of quaternary nitrogens is 1. The number of thioether (sulfide) groups is 1. The minimum Gasteiger partial charge on any atom is -0.327 e. The Morgan fingerprint density at radius 3 is 2.86 bits per heavy atom. The van der Waals surface area contributed by atoms with Gasteiger partial charge in [-0.15, -0.1) is 21.5 Å². The van der Waals surface area contributed by atoms with Crippen molar-refractivity contribution in [2.75, 3.05) is 11.9 Å². The number of carbonyl (C=O) groups excluding carboxylic acids is 1. The van der Waals surface area contributed by atoms with Crippen molar-refractivity contribution in [3.63, 3.8) is 0 Å². The lowest BCUT2D eigenvalue weighted by atomic mass is 10.1. The predicted octanol–water partition coefficient (Wildman–Crippen LogP) is 3.56. The van der Waals surface area contributed by atoms with Crippen LogP contribution >= 0.6 is 50.4 Å². The number of benzene rings is 1. The van der Waals surface area contributed by atoms with Gasteiger partial charge in [-0.1, -0.05) is 75.4 Å². The van der Waals surface area contributed by atoms with Gasteiger partial charge in [-0.2, -0.15) is 0 Å². The molecule has 1 saturated heterocycles. The number of rotatable bonds is 6. The topological polar surface area (TPSA) is 59.3 Å². The first-order valence-corrected chi connectivity index (χ1v) is 13.0. The van der Waals surface area contributed by atoms with E-state index in [-0.39, 0.29) is 5.91 Å². The number of hydrogen-bond acceptors (Lipinski definition) is 6. The van der Waals surface area contributed by atoms with E-state index in [0.29, 0.717) is 32.0 Å². The Morgan fingerprint density at radius 1 is 1.24 bits per heavy atom. The molecule has 5 nitrogen and oxygen atoms in total. The van der Waals surface area contributed by atoms with Crippen LogP contribution in [0.3, 0.4) is 0 Å². The van der Waals surface area contributed by atoms with Gasteiger partial charge >= 0.3 is 0 Å². The van der Waals surface area contributed by atoms with E-state index in [1.54, 1.807) is 4.90 Å². The van der Waals surface area contributed by atoms with E-state index in [0.717, 1.165) is 10.9 Å². The van der Waals surface area contributed by atoms with Crippen LogP contribution in [0.1, 0.15) is 21.7 Å². The molecule has 9 heteroatoms. The number of piperidine rings is 1. The second kappa shape index (κ2) is 8.47. The average Bonchev–Trinajstić information content (AvgIpc) is 3.49. The molecule has 3 aromatic rings. The first-order valence-electron chi connectivity index (χ1n) is 9.55. The molecule has 1 aliphatic carbocycles. The summed E-state index contributed by atoms with van der Waals surface area (Å²) in [5.41, 5.74) is 1.40. The number of aromatic nitrogens is 2. The molecule has 3 heterocycles. The fraction of sp³-hybridized carbons (Fsp3) is 0.350. The zero-order valence-corrected chi connectivity index (χ0v) is 19.5. The second-order valence-electron chi connectivity index (χ2n) is 7.45. The Morgan fingerprint density at radius 2 is 2.10 bits per heavy atom. The maximum absolute atomic E-state index is 12.2. The zero-order chi connectivity index (χ0) is 19.8. The van der Waals surface area contributed by atoms with Crippen LogP contribution in [-0.4, -0.2) is 38.8 Å². The van der Waals surface area contributed by atoms with Crippen molar-refractivity contribution in [2.45, 2.75) is 33.4 Å². The number of carbonyl (C=O) groups is 1. The van der Waals surface area contributed by atoms with Crippen molar-refractivity contribution in [3.05, 3.63) is 58.3 Å². The molecule has 2 aromatic heterocycles. The Bertz CT molecular complexity index is 981. The van der Waals surface area contributed by atoms with Crippen LogP contribution in [0.2, 0.25) is 0 Å². The molecule has 29 heavy (non-hydrogen) atoms. The highest BCUT2D eigenvalue weighted by molar-refractivity contribution is 9.09. The van der Waals surface area contributed by atoms with Crippen molar-refractivity contribution in [1.29, 1.82) is 0 Å². The second-order valence-corrected chi connectivity index (χ2v) is 11.9. The molecule has 2 aliphatic rings. The van der Waals surface area contributed by atoms with Gasteiger partial charge in [0.1, 0.15) is 12.6 Å². The molecule has 2 N–H and O–H groups in total. The van der Waals surface area contributed by atoms with Crippen LogP contribution in [0.25, 0.3) is 0 Å². The summed E-state index contributed by atoms with van der Waals surface area (Å²) in [6, 6.07) is 15.0. The highest BCUT2D eigenvalue weighted by Crippen LogP contribution is 2.44. The predicted molar refractivity (Wildman–Crippen MR) is 122 cm³/mol. The third-order valence-corrected chi connectivity index (χ3v) is 10.1. The lowest BCUT2D eigenvalue weighted by Crippen LogP contribution is -3.15. The third kappa shape index (κ3) is 4.16. The van der Waals surface area contributed by atoms with Gasteiger partial charge in [0.25, 0.3) is 5.91 Å². The van der Waals surface area contributed by atoms with Crippen LogP contribution < -0.4 is 10.2 Å². The third-order valence-electron chi connectivity index (χ3n) is 5.62. The van der Waals surface area contributed by atoms with Gasteiger partial charge < -0.3 is 4.90 Å². The molecule has 1 aromatic carbocycles. The summed E-state index contributed by atoms with van der Waals surface area (Å²) in [7, 11) is 0. The number of nitrogens with one attached hydrogen (secondary N) is 2. The fourth-order valence-electron chi connectivity index (χ4n) is 4.40. The Hall–Kier alpha value is -1.26. The molecule has 1 unspecified atom stereocenters. The van der Waals surface area contributed by atoms with Crippen molar-refractivity contribution in [3.8, 4) is 0 Å². The normalized spacial score (nSPS) is 28.0. The van der Waals surface area contributed by atoms with Crippen LogP contribution in [-0.2, 0) is 6.54 Å². The van der Waals surface area contributed by atoms with Crippen molar-refractivity contribution in [1.82, 2.24) is 10.2 Å². The van der Waals surface area contributed by atoms with Gasteiger partial charge in [0.15, 0.2) is 4.34 Å². The van der Waals surface area contributed by atoms with E-state index in [1.165, 1.54) is 41.2 Å². The van der Waals surface area contributed by atoms with Crippen molar-refractivity contribution < 1.29 is 9.69 Å². The van der Waals surface area contributed by atoms with Gasteiger partial charge in [-0.3, -0.25) is 10.1 Å². The summed E-state index contributed by atoms with van der Waals surface area (Å²) in [5.74, 6) is 0.591. The fourth-order valence-corrected chi connectivity index (χ4v) is 8.84. The summed E-state index contributed by atoms with van der Waals surface area (Å²) in [4.78, 5) is 15.1. The quantitative estimate of drug-likeness (QED) is 0.395. The van der Waals surface area contributed by atoms with Crippen molar-refractivity contribution in [2.24, 2.45) is 5.92 Å². The maximum Gasteiger partial charge on any atom is 0.267 e. The zero-order valence-electron chi connectivity index (χ0n) is 15.5. The molecule has 5 rings (SSSR count). The number of nitrogens with zero attached hydrogens (tertiary/aromatic N) is 2.